The molecule has 5 heteroatoms. The van der Waals surface area contributed by atoms with Gasteiger partial charge in [-0.2, -0.15) is 0 Å². The molecule has 0 aliphatic carbocycles. The standard InChI is InChI=1S/C19H28N2O2.ClH/c1-14-5-3-4-6-17(14)19-18-11-21(10-15(18)9-20(19)2)16-12-22-7-8-23-13-16;/h3-6,15-16,18-19H,7-13H2,1-2H3;1H/t15-,18+,19-;/m0./s1. The maximum atomic E-state index is 5.72. The highest BCUT2D eigenvalue weighted by atomic mass is 35.5. The van der Waals surface area contributed by atoms with Gasteiger partial charge in [-0.05, 0) is 36.9 Å². The highest BCUT2D eigenvalue weighted by Crippen LogP contribution is 2.45. The maximum Gasteiger partial charge on any atom is 0.0701 e. The minimum absolute atomic E-state index is 0. The number of fused-ring (bicyclic) bond motifs is 1. The molecule has 0 unspecified atom stereocenters. The van der Waals surface area contributed by atoms with Crippen LogP contribution in [0.1, 0.15) is 17.2 Å². The van der Waals surface area contributed by atoms with E-state index in [1.54, 1.807) is 0 Å². The van der Waals surface area contributed by atoms with E-state index >= 15 is 0 Å². The molecule has 3 aliphatic rings. The van der Waals surface area contributed by atoms with Gasteiger partial charge in [0.25, 0.3) is 0 Å². The van der Waals surface area contributed by atoms with Crippen molar-refractivity contribution < 1.29 is 9.47 Å². The first-order valence-corrected chi connectivity index (χ1v) is 8.89. The first-order valence-electron chi connectivity index (χ1n) is 8.89. The molecule has 4 nitrogen and oxygen atoms in total. The highest BCUT2D eigenvalue weighted by molar-refractivity contribution is 5.85. The van der Waals surface area contributed by atoms with E-state index in [0.29, 0.717) is 12.1 Å². The predicted molar refractivity (Wildman–Crippen MR) is 97.8 cm³/mol. The minimum atomic E-state index is 0. The first kappa shape index (κ1) is 18.2. The van der Waals surface area contributed by atoms with Gasteiger partial charge < -0.3 is 9.47 Å². The minimum Gasteiger partial charge on any atom is -0.377 e. The van der Waals surface area contributed by atoms with Crippen LogP contribution < -0.4 is 0 Å². The van der Waals surface area contributed by atoms with Crippen LogP contribution in [0.2, 0.25) is 0 Å². The van der Waals surface area contributed by atoms with Gasteiger partial charge in [0, 0.05) is 25.7 Å². The van der Waals surface area contributed by atoms with Crippen molar-refractivity contribution in [1.82, 2.24) is 9.80 Å². The zero-order valence-electron chi connectivity index (χ0n) is 14.7. The molecule has 3 saturated heterocycles. The average Bonchev–Trinajstić information content (AvgIpc) is 2.93. The largest absolute Gasteiger partial charge is 0.377 e. The lowest BCUT2D eigenvalue weighted by molar-refractivity contribution is 0.0757. The van der Waals surface area contributed by atoms with Gasteiger partial charge in [0.15, 0.2) is 0 Å². The maximum absolute atomic E-state index is 5.72. The molecule has 0 amide bonds. The predicted octanol–water partition coefficient (Wildman–Crippen LogP) is 2.37. The van der Waals surface area contributed by atoms with Gasteiger partial charge in [0.1, 0.15) is 0 Å². The van der Waals surface area contributed by atoms with E-state index in [2.05, 4.69) is 48.0 Å². The van der Waals surface area contributed by atoms with E-state index in [1.807, 2.05) is 0 Å². The van der Waals surface area contributed by atoms with Crippen LogP contribution >= 0.6 is 12.4 Å². The number of nitrogens with zero attached hydrogens (tertiary/aromatic N) is 2. The molecule has 3 fully saturated rings. The lowest BCUT2D eigenvalue weighted by Gasteiger charge is -2.30. The van der Waals surface area contributed by atoms with Crippen molar-refractivity contribution >= 4 is 12.4 Å². The summed E-state index contributed by atoms with van der Waals surface area (Å²) in [5.74, 6) is 1.50. The average molecular weight is 353 g/mol. The molecule has 1 aromatic carbocycles. The Morgan fingerprint density at radius 3 is 2.42 bits per heavy atom. The Balaban J connectivity index is 0.00000169. The van der Waals surface area contributed by atoms with E-state index in [-0.39, 0.29) is 12.4 Å². The Morgan fingerprint density at radius 2 is 1.71 bits per heavy atom. The van der Waals surface area contributed by atoms with Crippen LogP contribution in [0.15, 0.2) is 24.3 Å². The molecule has 1 aromatic rings. The van der Waals surface area contributed by atoms with Gasteiger partial charge in [-0.1, -0.05) is 24.3 Å². The van der Waals surface area contributed by atoms with Crippen molar-refractivity contribution in [3.05, 3.63) is 35.4 Å². The van der Waals surface area contributed by atoms with Crippen molar-refractivity contribution in [2.24, 2.45) is 11.8 Å². The molecule has 0 N–H and O–H groups in total. The summed E-state index contributed by atoms with van der Waals surface area (Å²) in [6, 6.07) is 9.88. The summed E-state index contributed by atoms with van der Waals surface area (Å²) in [5, 5.41) is 0. The molecule has 24 heavy (non-hydrogen) atoms. The lowest BCUT2D eigenvalue weighted by atomic mass is 9.88. The number of hydrogen-bond acceptors (Lipinski definition) is 4. The normalized spacial score (nSPS) is 32.3. The quantitative estimate of drug-likeness (QED) is 0.815. The summed E-state index contributed by atoms with van der Waals surface area (Å²) in [6.45, 7) is 8.94. The van der Waals surface area contributed by atoms with Gasteiger partial charge in [-0.15, -0.1) is 12.4 Å². The van der Waals surface area contributed by atoms with Crippen LogP contribution in [0.5, 0.6) is 0 Å². The summed E-state index contributed by atoms with van der Waals surface area (Å²) in [6.07, 6.45) is 0. The lowest BCUT2D eigenvalue weighted by Crippen LogP contribution is -2.41. The van der Waals surface area contributed by atoms with Gasteiger partial charge in [0.2, 0.25) is 0 Å². The smallest absolute Gasteiger partial charge is 0.0701 e. The zero-order valence-corrected chi connectivity index (χ0v) is 15.5. The highest BCUT2D eigenvalue weighted by Gasteiger charge is 2.47. The zero-order chi connectivity index (χ0) is 15.8. The number of benzene rings is 1. The molecular weight excluding hydrogens is 324 g/mol. The van der Waals surface area contributed by atoms with Crippen molar-refractivity contribution in [2.45, 2.75) is 19.0 Å². The third-order valence-corrected chi connectivity index (χ3v) is 5.94. The Labute approximate surface area is 151 Å². The molecule has 3 aliphatic heterocycles. The van der Waals surface area contributed by atoms with Crippen LogP contribution in [0.25, 0.3) is 0 Å². The van der Waals surface area contributed by atoms with E-state index in [0.717, 1.165) is 38.3 Å². The molecule has 0 bridgehead atoms. The molecule has 0 radical (unpaired) electrons. The number of likely N-dealkylation sites (tertiary alicyclic amines) is 2. The Kier molecular flexibility index (Phi) is 5.83. The van der Waals surface area contributed by atoms with Crippen molar-refractivity contribution in [3.63, 3.8) is 0 Å². The van der Waals surface area contributed by atoms with E-state index in [1.165, 1.54) is 30.8 Å². The number of hydrogen-bond donors (Lipinski definition) is 0. The molecule has 0 aromatic heterocycles. The summed E-state index contributed by atoms with van der Waals surface area (Å²) >= 11 is 0. The van der Waals surface area contributed by atoms with E-state index in [4.69, 9.17) is 9.47 Å². The fourth-order valence-corrected chi connectivity index (χ4v) is 4.79. The molecular formula is C19H29ClN2O2. The fraction of sp³-hybridized carbons (Fsp3) is 0.684. The third-order valence-electron chi connectivity index (χ3n) is 5.94. The van der Waals surface area contributed by atoms with Crippen LogP contribution in [0, 0.1) is 18.8 Å². The van der Waals surface area contributed by atoms with Crippen molar-refractivity contribution in [3.8, 4) is 0 Å². The summed E-state index contributed by atoms with van der Waals surface area (Å²) in [7, 11) is 2.29. The van der Waals surface area contributed by atoms with Crippen LogP contribution in [0.4, 0.5) is 0 Å². The summed E-state index contributed by atoms with van der Waals surface area (Å²) < 4.78 is 11.4. The molecule has 0 saturated carbocycles. The van der Waals surface area contributed by atoms with Crippen LogP contribution in [-0.4, -0.2) is 69.0 Å². The third kappa shape index (κ3) is 3.35. The van der Waals surface area contributed by atoms with E-state index in [9.17, 15) is 0 Å². The second kappa shape index (κ2) is 7.71. The Bertz CT molecular complexity index is 548. The van der Waals surface area contributed by atoms with Gasteiger partial charge >= 0.3 is 0 Å². The molecule has 4 rings (SSSR count). The van der Waals surface area contributed by atoms with Crippen molar-refractivity contribution in [1.29, 1.82) is 0 Å². The van der Waals surface area contributed by atoms with Gasteiger partial charge in [-0.25, -0.2) is 0 Å². The number of halogens is 1. The van der Waals surface area contributed by atoms with E-state index < -0.39 is 0 Å². The second-order valence-corrected chi connectivity index (χ2v) is 7.42. The van der Waals surface area contributed by atoms with Crippen molar-refractivity contribution in [2.75, 3.05) is 53.1 Å². The molecule has 3 atom stereocenters. The fourth-order valence-electron chi connectivity index (χ4n) is 4.79. The number of aryl methyl sites for hydroxylation is 1. The number of ether oxygens (including phenoxy) is 2. The summed E-state index contributed by atoms with van der Waals surface area (Å²) in [5.41, 5.74) is 2.93. The Hall–Kier alpha value is -0.650. The number of rotatable bonds is 2. The topological polar surface area (TPSA) is 24.9 Å². The van der Waals surface area contributed by atoms with Crippen LogP contribution in [0.3, 0.4) is 0 Å². The monoisotopic (exact) mass is 352 g/mol. The second-order valence-electron chi connectivity index (χ2n) is 7.42. The summed E-state index contributed by atoms with van der Waals surface area (Å²) in [4.78, 5) is 5.19. The van der Waals surface area contributed by atoms with Gasteiger partial charge in [-0.3, -0.25) is 9.80 Å². The van der Waals surface area contributed by atoms with Gasteiger partial charge in [0.05, 0.1) is 32.5 Å². The molecule has 0 spiro atoms. The molecule has 3 heterocycles. The van der Waals surface area contributed by atoms with Crippen LogP contribution in [-0.2, 0) is 9.47 Å². The first-order chi connectivity index (χ1) is 11.2. The molecule has 134 valence electrons. The SMILES string of the molecule is Cc1ccccc1[C@H]1[C@@H]2CN(C3COCCOC3)C[C@@H]2CN1C.Cl. The Morgan fingerprint density at radius 1 is 1.00 bits per heavy atom.